The molecule has 3 aromatic heterocycles. The van der Waals surface area contributed by atoms with Crippen LogP contribution in [0.15, 0.2) is 101 Å². The van der Waals surface area contributed by atoms with Crippen molar-refractivity contribution in [3.05, 3.63) is 112 Å². The standard InChI is InChI=1S/C21H15N3O2/c25-20-11-5-7-13-23(20)19-14-16(18-10-4-6-12-22-18)15-24(21(19)26)17-8-2-1-3-9-17/h1-15H. The van der Waals surface area contributed by atoms with Crippen LogP contribution in [0.3, 0.4) is 0 Å². The van der Waals surface area contributed by atoms with E-state index in [4.69, 9.17) is 0 Å². The van der Waals surface area contributed by atoms with E-state index in [2.05, 4.69) is 4.98 Å². The molecule has 3 heterocycles. The fraction of sp³-hybridized carbons (Fsp3) is 0. The van der Waals surface area contributed by atoms with Gasteiger partial charge in [-0.05, 0) is 36.4 Å². The molecule has 26 heavy (non-hydrogen) atoms. The summed E-state index contributed by atoms with van der Waals surface area (Å²) in [5.41, 5.74) is 1.94. The van der Waals surface area contributed by atoms with Crippen LogP contribution >= 0.6 is 0 Å². The normalized spacial score (nSPS) is 10.6. The van der Waals surface area contributed by atoms with Crippen LogP contribution in [0.25, 0.3) is 22.6 Å². The Bertz CT molecular complexity index is 1160. The van der Waals surface area contributed by atoms with Crippen molar-refractivity contribution in [3.63, 3.8) is 0 Å². The zero-order valence-electron chi connectivity index (χ0n) is 13.8. The molecule has 0 aliphatic carbocycles. The Morgan fingerprint density at radius 1 is 0.769 bits per heavy atom. The van der Waals surface area contributed by atoms with Crippen molar-refractivity contribution >= 4 is 0 Å². The Morgan fingerprint density at radius 2 is 1.54 bits per heavy atom. The molecule has 4 aromatic rings. The Balaban J connectivity index is 2.04. The molecular formula is C21H15N3O2. The molecule has 1 aromatic carbocycles. The number of pyridine rings is 3. The number of para-hydroxylation sites is 1. The average molecular weight is 341 g/mol. The zero-order valence-corrected chi connectivity index (χ0v) is 13.8. The molecule has 5 nitrogen and oxygen atoms in total. The summed E-state index contributed by atoms with van der Waals surface area (Å²) in [5, 5.41) is 0. The van der Waals surface area contributed by atoms with E-state index in [1.165, 1.54) is 10.6 Å². The highest BCUT2D eigenvalue weighted by Gasteiger charge is 2.12. The van der Waals surface area contributed by atoms with Crippen LogP contribution in [0.4, 0.5) is 0 Å². The van der Waals surface area contributed by atoms with Crippen molar-refractivity contribution in [1.82, 2.24) is 14.1 Å². The maximum atomic E-state index is 13.1. The summed E-state index contributed by atoms with van der Waals surface area (Å²) in [6.45, 7) is 0. The maximum absolute atomic E-state index is 13.1. The summed E-state index contributed by atoms with van der Waals surface area (Å²) in [6, 6.07) is 21.4. The lowest BCUT2D eigenvalue weighted by Gasteiger charge is -2.13. The van der Waals surface area contributed by atoms with Gasteiger partial charge in [-0.15, -0.1) is 0 Å². The van der Waals surface area contributed by atoms with Gasteiger partial charge in [0.2, 0.25) is 0 Å². The monoisotopic (exact) mass is 341 g/mol. The van der Waals surface area contributed by atoms with Gasteiger partial charge in [0, 0.05) is 35.9 Å². The summed E-state index contributed by atoms with van der Waals surface area (Å²) in [5.74, 6) is 0. The molecule has 0 aliphatic heterocycles. The molecular weight excluding hydrogens is 326 g/mol. The van der Waals surface area contributed by atoms with E-state index < -0.39 is 0 Å². The largest absolute Gasteiger partial charge is 0.282 e. The third-order valence-corrected chi connectivity index (χ3v) is 4.08. The first kappa shape index (κ1) is 15.8. The Labute approximate surface area is 149 Å². The molecule has 0 atom stereocenters. The van der Waals surface area contributed by atoms with Crippen molar-refractivity contribution in [2.45, 2.75) is 0 Å². The molecule has 0 N–H and O–H groups in total. The Morgan fingerprint density at radius 3 is 2.27 bits per heavy atom. The van der Waals surface area contributed by atoms with E-state index in [0.717, 1.165) is 16.9 Å². The van der Waals surface area contributed by atoms with Crippen LogP contribution < -0.4 is 11.1 Å². The molecule has 0 fully saturated rings. The number of rotatable bonds is 3. The first-order chi connectivity index (χ1) is 12.7. The number of benzene rings is 1. The highest BCUT2D eigenvalue weighted by molar-refractivity contribution is 5.61. The minimum atomic E-state index is -0.274. The zero-order chi connectivity index (χ0) is 17.9. The third kappa shape index (κ3) is 2.86. The van der Waals surface area contributed by atoms with Crippen LogP contribution in [0, 0.1) is 0 Å². The summed E-state index contributed by atoms with van der Waals surface area (Å²) in [6.07, 6.45) is 5.04. The molecule has 0 amide bonds. The van der Waals surface area contributed by atoms with Crippen LogP contribution in [0.2, 0.25) is 0 Å². The molecule has 0 bridgehead atoms. The van der Waals surface area contributed by atoms with E-state index in [0.29, 0.717) is 0 Å². The number of aromatic nitrogens is 3. The van der Waals surface area contributed by atoms with Gasteiger partial charge in [0.25, 0.3) is 11.1 Å². The second-order valence-corrected chi connectivity index (χ2v) is 5.75. The first-order valence-corrected chi connectivity index (χ1v) is 8.15. The Kier molecular flexibility index (Phi) is 4.03. The molecule has 0 saturated heterocycles. The molecule has 126 valence electrons. The lowest BCUT2D eigenvalue weighted by atomic mass is 10.1. The van der Waals surface area contributed by atoms with E-state index in [-0.39, 0.29) is 16.8 Å². The molecule has 0 spiro atoms. The highest BCUT2D eigenvalue weighted by Crippen LogP contribution is 2.19. The van der Waals surface area contributed by atoms with E-state index in [1.807, 2.05) is 48.5 Å². The number of hydrogen-bond donors (Lipinski definition) is 0. The lowest BCUT2D eigenvalue weighted by Crippen LogP contribution is -2.28. The van der Waals surface area contributed by atoms with Gasteiger partial charge in [-0.1, -0.05) is 30.3 Å². The van der Waals surface area contributed by atoms with Gasteiger partial charge in [-0.25, -0.2) is 0 Å². The van der Waals surface area contributed by atoms with Gasteiger partial charge in [0.1, 0.15) is 5.69 Å². The van der Waals surface area contributed by atoms with Crippen molar-refractivity contribution in [2.24, 2.45) is 0 Å². The molecule has 4 rings (SSSR count). The van der Waals surface area contributed by atoms with Crippen LogP contribution in [-0.4, -0.2) is 14.1 Å². The van der Waals surface area contributed by atoms with Crippen LogP contribution in [-0.2, 0) is 0 Å². The Hall–Kier alpha value is -3.73. The van der Waals surface area contributed by atoms with Crippen molar-refractivity contribution in [1.29, 1.82) is 0 Å². The minimum absolute atomic E-state index is 0.262. The SMILES string of the molecule is O=c1ccccn1-c1cc(-c2ccccn2)cn(-c2ccccc2)c1=O. The van der Waals surface area contributed by atoms with E-state index >= 15 is 0 Å². The number of nitrogens with zero attached hydrogens (tertiary/aromatic N) is 3. The van der Waals surface area contributed by atoms with E-state index in [9.17, 15) is 9.59 Å². The summed E-state index contributed by atoms with van der Waals surface area (Å²) < 4.78 is 2.90. The van der Waals surface area contributed by atoms with Gasteiger partial charge >= 0.3 is 0 Å². The van der Waals surface area contributed by atoms with Gasteiger partial charge in [0.15, 0.2) is 0 Å². The number of hydrogen-bond acceptors (Lipinski definition) is 3. The van der Waals surface area contributed by atoms with Crippen molar-refractivity contribution in [2.75, 3.05) is 0 Å². The average Bonchev–Trinajstić information content (AvgIpc) is 2.70. The molecule has 0 aliphatic rings. The second-order valence-electron chi connectivity index (χ2n) is 5.75. The topological polar surface area (TPSA) is 56.9 Å². The quantitative estimate of drug-likeness (QED) is 0.575. The second kappa shape index (κ2) is 6.64. The molecule has 5 heteroatoms. The predicted molar refractivity (Wildman–Crippen MR) is 101 cm³/mol. The molecule has 0 radical (unpaired) electrons. The fourth-order valence-corrected chi connectivity index (χ4v) is 2.82. The third-order valence-electron chi connectivity index (χ3n) is 4.08. The fourth-order valence-electron chi connectivity index (χ4n) is 2.82. The first-order valence-electron chi connectivity index (χ1n) is 8.15. The highest BCUT2D eigenvalue weighted by atomic mass is 16.1. The van der Waals surface area contributed by atoms with E-state index in [1.54, 1.807) is 41.4 Å². The smallest absolute Gasteiger partial charge is 0.279 e. The minimum Gasteiger partial charge on any atom is -0.282 e. The van der Waals surface area contributed by atoms with Crippen LogP contribution in [0.5, 0.6) is 0 Å². The lowest BCUT2D eigenvalue weighted by molar-refractivity contribution is 0.908. The van der Waals surface area contributed by atoms with Gasteiger partial charge < -0.3 is 0 Å². The van der Waals surface area contributed by atoms with Crippen molar-refractivity contribution in [3.8, 4) is 22.6 Å². The summed E-state index contributed by atoms with van der Waals surface area (Å²) in [7, 11) is 0. The summed E-state index contributed by atoms with van der Waals surface area (Å²) >= 11 is 0. The van der Waals surface area contributed by atoms with Gasteiger partial charge in [-0.2, -0.15) is 0 Å². The van der Waals surface area contributed by atoms with Crippen LogP contribution in [0.1, 0.15) is 0 Å². The van der Waals surface area contributed by atoms with Crippen molar-refractivity contribution < 1.29 is 0 Å². The summed E-state index contributed by atoms with van der Waals surface area (Å²) in [4.78, 5) is 29.7. The predicted octanol–water partition coefficient (Wildman–Crippen LogP) is 3.05. The van der Waals surface area contributed by atoms with Gasteiger partial charge in [-0.3, -0.25) is 23.7 Å². The van der Waals surface area contributed by atoms with Gasteiger partial charge in [0.05, 0.1) is 5.69 Å². The molecule has 0 saturated carbocycles. The maximum Gasteiger partial charge on any atom is 0.279 e. The molecule has 0 unspecified atom stereocenters.